The monoisotopic (exact) mass is 234 g/mol. The van der Waals surface area contributed by atoms with Gasteiger partial charge < -0.3 is 14.8 Å². The molecule has 3 nitrogen and oxygen atoms in total. The summed E-state index contributed by atoms with van der Waals surface area (Å²) in [6, 6.07) is 7.35. The number of carboxylic acid groups (broad SMARTS) is 1. The van der Waals surface area contributed by atoms with Gasteiger partial charge in [0.2, 0.25) is 0 Å². The zero-order chi connectivity index (χ0) is 12.8. The Morgan fingerprint density at radius 1 is 1.29 bits per heavy atom. The number of rotatable bonds is 6. The molecule has 94 valence electrons. The fourth-order valence-electron chi connectivity index (χ4n) is 1.96. The number of carboxylic acids is 1. The van der Waals surface area contributed by atoms with E-state index >= 15 is 0 Å². The molecule has 1 atom stereocenters. The van der Waals surface area contributed by atoms with Gasteiger partial charge in [-0.25, -0.2) is 0 Å². The van der Waals surface area contributed by atoms with Crippen LogP contribution in [-0.2, 0) is 0 Å². The highest BCUT2D eigenvalue weighted by molar-refractivity contribution is 5.85. The van der Waals surface area contributed by atoms with Crippen LogP contribution in [0.2, 0.25) is 0 Å². The number of unbranched alkanes of at least 4 members (excludes halogenated alkanes) is 1. The van der Waals surface area contributed by atoms with E-state index in [1.165, 1.54) is 12.8 Å². The number of hydrogen-bond donors (Lipinski definition) is 0. The molecule has 3 heteroatoms. The van der Waals surface area contributed by atoms with Crippen molar-refractivity contribution in [2.45, 2.75) is 32.2 Å². The van der Waals surface area contributed by atoms with Crippen LogP contribution in [-0.4, -0.2) is 25.0 Å². The number of benzene rings is 1. The second kappa shape index (κ2) is 6.40. The van der Waals surface area contributed by atoms with E-state index in [0.29, 0.717) is 6.04 Å². The molecule has 0 aromatic heterocycles. The van der Waals surface area contributed by atoms with Crippen LogP contribution in [0.5, 0.6) is 0 Å². The van der Waals surface area contributed by atoms with E-state index in [1.54, 1.807) is 12.1 Å². The van der Waals surface area contributed by atoms with Crippen molar-refractivity contribution in [2.75, 3.05) is 14.1 Å². The van der Waals surface area contributed by atoms with Crippen molar-refractivity contribution in [3.05, 3.63) is 35.4 Å². The molecule has 0 heterocycles. The average molecular weight is 234 g/mol. The molecular formula is C14H20NO2-. The van der Waals surface area contributed by atoms with Gasteiger partial charge in [-0.15, -0.1) is 0 Å². The van der Waals surface area contributed by atoms with Gasteiger partial charge in [-0.1, -0.05) is 44.0 Å². The normalized spacial score (nSPS) is 12.7. The Morgan fingerprint density at radius 3 is 2.29 bits per heavy atom. The molecule has 1 rings (SSSR count). The molecular weight excluding hydrogens is 214 g/mol. The van der Waals surface area contributed by atoms with Crippen LogP contribution in [0.1, 0.15) is 48.1 Å². The number of carbonyl (C=O) groups excluding carboxylic acids is 1. The van der Waals surface area contributed by atoms with Crippen LogP contribution in [0.4, 0.5) is 0 Å². The molecule has 0 bridgehead atoms. The van der Waals surface area contributed by atoms with Gasteiger partial charge in [0.1, 0.15) is 0 Å². The maximum atomic E-state index is 10.7. The Bertz CT molecular complexity index is 357. The molecule has 0 radical (unpaired) electrons. The first kappa shape index (κ1) is 13.7. The van der Waals surface area contributed by atoms with Crippen molar-refractivity contribution >= 4 is 5.97 Å². The number of aromatic carboxylic acids is 1. The van der Waals surface area contributed by atoms with Crippen molar-refractivity contribution in [1.82, 2.24) is 4.90 Å². The summed E-state index contributed by atoms with van der Waals surface area (Å²) < 4.78 is 0. The fraction of sp³-hybridized carbons (Fsp3) is 0.500. The van der Waals surface area contributed by atoms with Crippen LogP contribution < -0.4 is 5.11 Å². The topological polar surface area (TPSA) is 43.4 Å². The average Bonchev–Trinajstić information content (AvgIpc) is 2.29. The highest BCUT2D eigenvalue weighted by Crippen LogP contribution is 2.24. The van der Waals surface area contributed by atoms with Crippen molar-refractivity contribution in [3.63, 3.8) is 0 Å². The highest BCUT2D eigenvalue weighted by Gasteiger charge is 2.13. The molecule has 1 aromatic carbocycles. The zero-order valence-corrected chi connectivity index (χ0v) is 10.8. The van der Waals surface area contributed by atoms with Crippen molar-refractivity contribution < 1.29 is 9.90 Å². The number of carbonyl (C=O) groups is 1. The van der Waals surface area contributed by atoms with Gasteiger partial charge in [0.05, 0.1) is 5.97 Å². The van der Waals surface area contributed by atoms with Gasteiger partial charge in [0.25, 0.3) is 0 Å². The van der Waals surface area contributed by atoms with Crippen molar-refractivity contribution in [3.8, 4) is 0 Å². The minimum Gasteiger partial charge on any atom is -0.545 e. The van der Waals surface area contributed by atoms with Gasteiger partial charge in [-0.2, -0.15) is 0 Å². The predicted octanol–water partition coefficient (Wildman–Crippen LogP) is 1.84. The van der Waals surface area contributed by atoms with Crippen LogP contribution in [0.25, 0.3) is 0 Å². The smallest absolute Gasteiger partial charge is 0.0715 e. The Hall–Kier alpha value is -1.35. The Morgan fingerprint density at radius 2 is 1.88 bits per heavy atom. The van der Waals surface area contributed by atoms with Crippen LogP contribution in [0.3, 0.4) is 0 Å². The van der Waals surface area contributed by atoms with Crippen LogP contribution >= 0.6 is 0 Å². The van der Waals surface area contributed by atoms with E-state index in [0.717, 1.165) is 12.0 Å². The van der Waals surface area contributed by atoms with E-state index in [1.807, 2.05) is 26.2 Å². The summed E-state index contributed by atoms with van der Waals surface area (Å²) in [5.41, 5.74) is 1.40. The molecule has 0 N–H and O–H groups in total. The molecule has 0 aliphatic heterocycles. The lowest BCUT2D eigenvalue weighted by atomic mass is 9.99. The highest BCUT2D eigenvalue weighted by atomic mass is 16.4. The van der Waals surface area contributed by atoms with Gasteiger partial charge in [-0.05, 0) is 31.6 Å². The lowest BCUT2D eigenvalue weighted by Gasteiger charge is -2.25. The molecule has 1 unspecified atom stereocenters. The molecule has 0 aliphatic carbocycles. The van der Waals surface area contributed by atoms with E-state index in [2.05, 4.69) is 11.8 Å². The third kappa shape index (κ3) is 3.86. The third-order valence-corrected chi connectivity index (χ3v) is 2.99. The Labute approximate surface area is 103 Å². The summed E-state index contributed by atoms with van der Waals surface area (Å²) >= 11 is 0. The minimum absolute atomic E-state index is 0.238. The maximum Gasteiger partial charge on any atom is 0.0715 e. The summed E-state index contributed by atoms with van der Waals surface area (Å²) in [7, 11) is 4.10. The Kier molecular flexibility index (Phi) is 5.16. The van der Waals surface area contributed by atoms with E-state index in [9.17, 15) is 9.90 Å². The van der Waals surface area contributed by atoms with Gasteiger partial charge in [0.15, 0.2) is 0 Å². The zero-order valence-electron chi connectivity index (χ0n) is 10.8. The summed E-state index contributed by atoms with van der Waals surface area (Å²) in [6.07, 6.45) is 3.43. The van der Waals surface area contributed by atoms with E-state index in [-0.39, 0.29) is 5.56 Å². The molecule has 17 heavy (non-hydrogen) atoms. The second-order valence-electron chi connectivity index (χ2n) is 4.53. The lowest BCUT2D eigenvalue weighted by molar-refractivity contribution is -0.255. The molecule has 0 saturated heterocycles. The largest absolute Gasteiger partial charge is 0.545 e. The van der Waals surface area contributed by atoms with Crippen LogP contribution in [0, 0.1) is 0 Å². The van der Waals surface area contributed by atoms with E-state index in [4.69, 9.17) is 0 Å². The molecule has 0 amide bonds. The molecule has 0 aliphatic rings. The minimum atomic E-state index is -1.12. The summed E-state index contributed by atoms with van der Waals surface area (Å²) in [5.74, 6) is -1.12. The Balaban J connectivity index is 2.83. The maximum absolute atomic E-state index is 10.7. The first-order valence-electron chi connectivity index (χ1n) is 6.04. The van der Waals surface area contributed by atoms with Gasteiger partial charge >= 0.3 is 0 Å². The molecule has 1 aromatic rings. The standard InChI is InChI=1S/C14H21NO2/c1-4-5-6-13(15(2)3)11-7-9-12(10-8-11)14(16)17/h7-10,13H,4-6H2,1-3H3,(H,16,17)/p-1. The summed E-state index contributed by atoms with van der Waals surface area (Å²) in [6.45, 7) is 2.17. The van der Waals surface area contributed by atoms with Crippen molar-refractivity contribution in [2.24, 2.45) is 0 Å². The lowest BCUT2D eigenvalue weighted by Crippen LogP contribution is -2.23. The number of hydrogen-bond acceptors (Lipinski definition) is 3. The second-order valence-corrected chi connectivity index (χ2v) is 4.53. The third-order valence-electron chi connectivity index (χ3n) is 2.99. The first-order valence-corrected chi connectivity index (χ1v) is 6.04. The quantitative estimate of drug-likeness (QED) is 0.754. The van der Waals surface area contributed by atoms with Crippen molar-refractivity contribution in [1.29, 1.82) is 0 Å². The van der Waals surface area contributed by atoms with Gasteiger partial charge in [0, 0.05) is 6.04 Å². The van der Waals surface area contributed by atoms with Gasteiger partial charge in [-0.3, -0.25) is 0 Å². The first-order chi connectivity index (χ1) is 8.06. The summed E-state index contributed by atoms with van der Waals surface area (Å²) in [5, 5.41) is 10.7. The molecule has 0 saturated carbocycles. The predicted molar refractivity (Wildman–Crippen MR) is 66.7 cm³/mol. The molecule has 0 spiro atoms. The van der Waals surface area contributed by atoms with Crippen LogP contribution in [0.15, 0.2) is 24.3 Å². The van der Waals surface area contributed by atoms with E-state index < -0.39 is 5.97 Å². The number of nitrogens with zero attached hydrogens (tertiary/aromatic N) is 1. The SMILES string of the molecule is CCCCC(c1ccc(C(=O)[O-])cc1)N(C)C. The summed E-state index contributed by atoms with van der Waals surface area (Å²) in [4.78, 5) is 12.8. The fourth-order valence-corrected chi connectivity index (χ4v) is 1.96. The molecule has 0 fully saturated rings.